The summed E-state index contributed by atoms with van der Waals surface area (Å²) in [5.41, 5.74) is 1.17. The molecular formula is C11H15N3O3. The number of rotatable bonds is 3. The highest BCUT2D eigenvalue weighted by Crippen LogP contribution is 2.37. The molecule has 1 aliphatic rings. The lowest BCUT2D eigenvalue weighted by molar-refractivity contribution is -0.384. The number of anilines is 2. The Bertz CT molecular complexity index is 448. The van der Waals surface area contributed by atoms with Gasteiger partial charge in [0, 0.05) is 12.1 Å². The zero-order valence-corrected chi connectivity index (χ0v) is 9.75. The number of nitrogens with one attached hydrogen (secondary N) is 1. The molecule has 0 bridgehead atoms. The Morgan fingerprint density at radius 1 is 1.59 bits per heavy atom. The number of fused-ring (bicyclic) bond motifs is 1. The van der Waals surface area contributed by atoms with Crippen molar-refractivity contribution in [2.24, 2.45) is 5.92 Å². The van der Waals surface area contributed by atoms with E-state index in [9.17, 15) is 15.3 Å². The van der Waals surface area contributed by atoms with E-state index >= 15 is 0 Å². The number of nitro groups is 1. The molecule has 0 spiro atoms. The second-order valence-corrected chi connectivity index (χ2v) is 4.59. The van der Waals surface area contributed by atoms with Gasteiger partial charge in [0.25, 0.3) is 5.69 Å². The Labute approximate surface area is 99.0 Å². The van der Waals surface area contributed by atoms with Gasteiger partial charge >= 0.3 is 0 Å². The van der Waals surface area contributed by atoms with Crippen molar-refractivity contribution in [2.45, 2.75) is 26.4 Å². The van der Waals surface area contributed by atoms with Crippen molar-refractivity contribution in [3.8, 4) is 0 Å². The Kier molecular flexibility index (Phi) is 2.89. The molecule has 1 aromatic rings. The summed E-state index contributed by atoms with van der Waals surface area (Å²) < 4.78 is 0. The van der Waals surface area contributed by atoms with Crippen molar-refractivity contribution in [1.82, 2.24) is 0 Å². The summed E-state index contributed by atoms with van der Waals surface area (Å²) in [6.45, 7) is 4.11. The van der Waals surface area contributed by atoms with E-state index in [1.165, 1.54) is 12.1 Å². The van der Waals surface area contributed by atoms with Gasteiger partial charge in [-0.15, -0.1) is 0 Å². The second-order valence-electron chi connectivity index (χ2n) is 4.59. The Morgan fingerprint density at radius 2 is 2.29 bits per heavy atom. The number of hydroxylamine groups is 1. The first kappa shape index (κ1) is 11.7. The predicted octanol–water partition coefficient (Wildman–Crippen LogP) is 2.59. The summed E-state index contributed by atoms with van der Waals surface area (Å²) in [6, 6.07) is 4.43. The Hall–Kier alpha value is -1.82. The summed E-state index contributed by atoms with van der Waals surface area (Å²) in [5.74, 6) is 0.423. The third-order valence-electron chi connectivity index (χ3n) is 2.75. The molecule has 0 saturated carbocycles. The second kappa shape index (κ2) is 4.21. The molecule has 1 atom stereocenters. The van der Waals surface area contributed by atoms with Crippen LogP contribution in [0.5, 0.6) is 0 Å². The largest absolute Gasteiger partial charge is 0.362 e. The van der Waals surface area contributed by atoms with Crippen LogP contribution in [-0.4, -0.2) is 16.3 Å². The summed E-state index contributed by atoms with van der Waals surface area (Å²) in [5, 5.41) is 24.8. The first-order chi connectivity index (χ1) is 7.99. The van der Waals surface area contributed by atoms with Crippen molar-refractivity contribution < 1.29 is 10.1 Å². The lowest BCUT2D eigenvalue weighted by Crippen LogP contribution is -2.33. The number of nitrogens with zero attached hydrogens (tertiary/aromatic N) is 2. The molecule has 0 radical (unpaired) electrons. The van der Waals surface area contributed by atoms with Gasteiger partial charge in [0.15, 0.2) is 0 Å². The van der Waals surface area contributed by atoms with E-state index in [-0.39, 0.29) is 11.9 Å². The van der Waals surface area contributed by atoms with E-state index in [0.29, 0.717) is 11.6 Å². The molecule has 92 valence electrons. The van der Waals surface area contributed by atoms with Crippen LogP contribution in [0.2, 0.25) is 0 Å². The molecule has 6 heteroatoms. The monoisotopic (exact) mass is 237 g/mol. The zero-order chi connectivity index (χ0) is 12.6. The van der Waals surface area contributed by atoms with E-state index in [4.69, 9.17) is 0 Å². The molecule has 1 aliphatic heterocycles. The lowest BCUT2D eigenvalue weighted by Gasteiger charge is -2.21. The first-order valence-electron chi connectivity index (χ1n) is 5.52. The third-order valence-corrected chi connectivity index (χ3v) is 2.75. The summed E-state index contributed by atoms with van der Waals surface area (Å²) in [4.78, 5) is 10.2. The fraction of sp³-hybridized carbons (Fsp3) is 0.455. The molecule has 1 aromatic carbocycles. The summed E-state index contributed by atoms with van der Waals surface area (Å²) in [7, 11) is 0. The zero-order valence-electron chi connectivity index (χ0n) is 9.75. The lowest BCUT2D eigenvalue weighted by atomic mass is 10.1. The quantitative estimate of drug-likeness (QED) is 0.624. The SMILES string of the molecule is CC(C)CC1Nc2ccc([N+](=O)[O-])cc2N1O. The van der Waals surface area contributed by atoms with Crippen LogP contribution in [0.4, 0.5) is 17.1 Å². The topological polar surface area (TPSA) is 78.6 Å². The van der Waals surface area contributed by atoms with Crippen LogP contribution < -0.4 is 10.4 Å². The summed E-state index contributed by atoms with van der Waals surface area (Å²) >= 11 is 0. The smallest absolute Gasteiger partial charge is 0.271 e. The number of benzene rings is 1. The van der Waals surface area contributed by atoms with Crippen LogP contribution in [0, 0.1) is 16.0 Å². The highest BCUT2D eigenvalue weighted by atomic mass is 16.6. The Balaban J connectivity index is 2.26. The van der Waals surface area contributed by atoms with Crippen LogP contribution in [0.3, 0.4) is 0 Å². The van der Waals surface area contributed by atoms with Crippen molar-refractivity contribution >= 4 is 17.1 Å². The predicted molar refractivity (Wildman–Crippen MR) is 64.2 cm³/mol. The van der Waals surface area contributed by atoms with Gasteiger partial charge in [0.1, 0.15) is 6.17 Å². The van der Waals surface area contributed by atoms with Crippen LogP contribution in [0.25, 0.3) is 0 Å². The van der Waals surface area contributed by atoms with Gasteiger partial charge in [-0.25, -0.2) is 5.06 Å². The minimum absolute atomic E-state index is 0.0187. The molecule has 0 aromatic heterocycles. The van der Waals surface area contributed by atoms with Crippen LogP contribution in [0.15, 0.2) is 18.2 Å². The normalized spacial score (nSPS) is 18.1. The van der Waals surface area contributed by atoms with Gasteiger partial charge in [-0.1, -0.05) is 13.8 Å². The van der Waals surface area contributed by atoms with Gasteiger partial charge in [-0.05, 0) is 18.4 Å². The van der Waals surface area contributed by atoms with Crippen molar-refractivity contribution in [1.29, 1.82) is 0 Å². The van der Waals surface area contributed by atoms with E-state index in [1.54, 1.807) is 6.07 Å². The molecular weight excluding hydrogens is 222 g/mol. The Morgan fingerprint density at radius 3 is 2.88 bits per heavy atom. The average Bonchev–Trinajstić information content (AvgIpc) is 2.55. The average molecular weight is 237 g/mol. The van der Waals surface area contributed by atoms with Crippen LogP contribution in [-0.2, 0) is 0 Å². The minimum atomic E-state index is -0.468. The van der Waals surface area contributed by atoms with E-state index in [1.807, 2.05) is 0 Å². The fourth-order valence-corrected chi connectivity index (χ4v) is 1.96. The molecule has 0 fully saturated rings. The van der Waals surface area contributed by atoms with E-state index < -0.39 is 4.92 Å². The van der Waals surface area contributed by atoms with Gasteiger partial charge in [0.05, 0.1) is 16.3 Å². The third kappa shape index (κ3) is 2.16. The number of hydrogen-bond acceptors (Lipinski definition) is 5. The standard InChI is InChI=1S/C11H15N3O3/c1-7(2)5-11-12-9-4-3-8(14(16)17)6-10(9)13(11)15/h3-4,6-7,11-12,15H,5H2,1-2H3. The molecule has 1 heterocycles. The molecule has 2 N–H and O–H groups in total. The number of nitro benzene ring substituents is 1. The minimum Gasteiger partial charge on any atom is -0.362 e. The molecule has 0 amide bonds. The van der Waals surface area contributed by atoms with Gasteiger partial charge in [-0.3, -0.25) is 15.3 Å². The molecule has 2 rings (SSSR count). The maximum Gasteiger partial charge on any atom is 0.271 e. The number of non-ortho nitro benzene ring substituents is 1. The van der Waals surface area contributed by atoms with E-state index in [2.05, 4.69) is 19.2 Å². The van der Waals surface area contributed by atoms with Gasteiger partial charge in [0.2, 0.25) is 0 Å². The molecule has 0 aliphatic carbocycles. The summed E-state index contributed by atoms with van der Waals surface area (Å²) in [6.07, 6.45) is 0.547. The van der Waals surface area contributed by atoms with Crippen molar-refractivity contribution in [3.05, 3.63) is 28.3 Å². The molecule has 1 unspecified atom stereocenters. The van der Waals surface area contributed by atoms with Crippen molar-refractivity contribution in [3.63, 3.8) is 0 Å². The highest BCUT2D eigenvalue weighted by Gasteiger charge is 2.29. The molecule has 17 heavy (non-hydrogen) atoms. The highest BCUT2D eigenvalue weighted by molar-refractivity contribution is 5.76. The van der Waals surface area contributed by atoms with Gasteiger partial charge < -0.3 is 5.32 Å². The number of hydrogen-bond donors (Lipinski definition) is 2. The first-order valence-corrected chi connectivity index (χ1v) is 5.52. The van der Waals surface area contributed by atoms with Crippen molar-refractivity contribution in [2.75, 3.05) is 10.4 Å². The fourth-order valence-electron chi connectivity index (χ4n) is 1.96. The van der Waals surface area contributed by atoms with Crippen LogP contribution in [0.1, 0.15) is 20.3 Å². The maximum absolute atomic E-state index is 10.7. The molecule has 6 nitrogen and oxygen atoms in total. The molecule has 0 saturated heterocycles. The maximum atomic E-state index is 10.7. The van der Waals surface area contributed by atoms with Crippen LogP contribution >= 0.6 is 0 Å². The van der Waals surface area contributed by atoms with Gasteiger partial charge in [-0.2, -0.15) is 0 Å². The van der Waals surface area contributed by atoms with E-state index in [0.717, 1.165) is 17.2 Å².